The molecule has 0 aromatic carbocycles. The molecule has 0 radical (unpaired) electrons. The SMILES string of the molecule is CC(O)C(NC(=O)CCC1CCCCN1)C(=O)O. The number of carboxylic acids is 1. The maximum atomic E-state index is 11.6. The molecule has 1 saturated heterocycles. The van der Waals surface area contributed by atoms with Gasteiger partial charge in [0.15, 0.2) is 6.04 Å². The Morgan fingerprint density at radius 2 is 2.17 bits per heavy atom. The van der Waals surface area contributed by atoms with Crippen molar-refractivity contribution in [3.63, 3.8) is 0 Å². The monoisotopic (exact) mass is 258 g/mol. The summed E-state index contributed by atoms with van der Waals surface area (Å²) in [5, 5.41) is 23.7. The molecule has 4 N–H and O–H groups in total. The highest BCUT2D eigenvalue weighted by Crippen LogP contribution is 2.11. The minimum absolute atomic E-state index is 0.286. The molecule has 1 rings (SSSR count). The van der Waals surface area contributed by atoms with Crippen LogP contribution in [0.1, 0.15) is 39.0 Å². The van der Waals surface area contributed by atoms with Gasteiger partial charge in [0.25, 0.3) is 0 Å². The quantitative estimate of drug-likeness (QED) is 0.531. The number of hydrogen-bond acceptors (Lipinski definition) is 4. The molecule has 0 saturated carbocycles. The van der Waals surface area contributed by atoms with Gasteiger partial charge in [-0.2, -0.15) is 0 Å². The first kappa shape index (κ1) is 14.9. The average molecular weight is 258 g/mol. The van der Waals surface area contributed by atoms with E-state index >= 15 is 0 Å². The Hall–Kier alpha value is -1.14. The van der Waals surface area contributed by atoms with E-state index in [1.54, 1.807) is 0 Å². The van der Waals surface area contributed by atoms with E-state index in [2.05, 4.69) is 10.6 Å². The fourth-order valence-corrected chi connectivity index (χ4v) is 2.11. The van der Waals surface area contributed by atoms with Gasteiger partial charge in [0.05, 0.1) is 6.10 Å². The molecule has 0 aliphatic carbocycles. The molecule has 1 aliphatic rings. The third kappa shape index (κ3) is 5.01. The molecule has 1 heterocycles. The zero-order chi connectivity index (χ0) is 13.5. The van der Waals surface area contributed by atoms with Crippen LogP contribution in [0, 0.1) is 0 Å². The molecule has 0 spiro atoms. The summed E-state index contributed by atoms with van der Waals surface area (Å²) < 4.78 is 0. The zero-order valence-corrected chi connectivity index (χ0v) is 10.7. The average Bonchev–Trinajstić information content (AvgIpc) is 2.34. The second kappa shape index (κ2) is 7.33. The molecule has 0 aromatic heterocycles. The van der Waals surface area contributed by atoms with Crippen molar-refractivity contribution in [3.8, 4) is 0 Å². The van der Waals surface area contributed by atoms with Crippen LogP contribution in [0.3, 0.4) is 0 Å². The molecular formula is C12H22N2O4. The maximum Gasteiger partial charge on any atom is 0.328 e. The van der Waals surface area contributed by atoms with Crippen LogP contribution in [0.25, 0.3) is 0 Å². The molecule has 1 aliphatic heterocycles. The minimum atomic E-state index is -1.23. The van der Waals surface area contributed by atoms with Gasteiger partial charge in [-0.3, -0.25) is 4.79 Å². The number of carbonyl (C=O) groups excluding carboxylic acids is 1. The minimum Gasteiger partial charge on any atom is -0.480 e. The van der Waals surface area contributed by atoms with Crippen LogP contribution in [0.5, 0.6) is 0 Å². The molecule has 3 atom stereocenters. The van der Waals surface area contributed by atoms with Crippen LogP contribution in [-0.4, -0.2) is 46.8 Å². The van der Waals surface area contributed by atoms with E-state index in [-0.39, 0.29) is 12.3 Å². The van der Waals surface area contributed by atoms with Crippen LogP contribution in [-0.2, 0) is 9.59 Å². The summed E-state index contributed by atoms with van der Waals surface area (Å²) in [6.45, 7) is 2.33. The first-order valence-electron chi connectivity index (χ1n) is 6.44. The summed E-state index contributed by atoms with van der Waals surface area (Å²) in [5.74, 6) is -1.54. The highest BCUT2D eigenvalue weighted by Gasteiger charge is 2.25. The van der Waals surface area contributed by atoms with Crippen molar-refractivity contribution in [3.05, 3.63) is 0 Å². The lowest BCUT2D eigenvalue weighted by molar-refractivity contribution is -0.144. The summed E-state index contributed by atoms with van der Waals surface area (Å²) in [6.07, 6.45) is 3.30. The number of aliphatic carboxylic acids is 1. The third-order valence-corrected chi connectivity index (χ3v) is 3.20. The van der Waals surface area contributed by atoms with E-state index < -0.39 is 18.1 Å². The smallest absolute Gasteiger partial charge is 0.328 e. The van der Waals surface area contributed by atoms with Crippen LogP contribution in [0.15, 0.2) is 0 Å². The number of amides is 1. The van der Waals surface area contributed by atoms with E-state index in [9.17, 15) is 14.7 Å². The Morgan fingerprint density at radius 1 is 1.44 bits per heavy atom. The molecule has 0 bridgehead atoms. The number of hydrogen-bond donors (Lipinski definition) is 4. The molecule has 1 fully saturated rings. The number of carboxylic acid groups (broad SMARTS) is 1. The molecule has 104 valence electrons. The van der Waals surface area contributed by atoms with E-state index in [0.717, 1.165) is 13.0 Å². The van der Waals surface area contributed by atoms with Crippen molar-refractivity contribution < 1.29 is 19.8 Å². The fraction of sp³-hybridized carbons (Fsp3) is 0.833. The topological polar surface area (TPSA) is 98.7 Å². The number of rotatable bonds is 6. The number of piperidine rings is 1. The fourth-order valence-electron chi connectivity index (χ4n) is 2.11. The lowest BCUT2D eigenvalue weighted by Crippen LogP contribution is -2.48. The highest BCUT2D eigenvalue weighted by atomic mass is 16.4. The standard InChI is InChI=1S/C12H22N2O4/c1-8(15)11(12(17)18)14-10(16)6-5-9-4-2-3-7-13-9/h8-9,11,13,15H,2-7H2,1H3,(H,14,16)(H,17,18). The Balaban J connectivity index is 2.29. The second-order valence-corrected chi connectivity index (χ2v) is 4.81. The predicted octanol–water partition coefficient (Wildman–Crippen LogP) is -0.141. The zero-order valence-electron chi connectivity index (χ0n) is 10.7. The number of nitrogens with one attached hydrogen (secondary N) is 2. The summed E-state index contributed by atoms with van der Waals surface area (Å²) >= 11 is 0. The summed E-state index contributed by atoms with van der Waals surface area (Å²) in [4.78, 5) is 22.4. The number of carbonyl (C=O) groups is 2. The maximum absolute atomic E-state index is 11.6. The van der Waals surface area contributed by atoms with E-state index in [0.29, 0.717) is 12.5 Å². The number of aliphatic hydroxyl groups is 1. The van der Waals surface area contributed by atoms with Gasteiger partial charge in [0, 0.05) is 12.5 Å². The molecule has 0 aromatic rings. The van der Waals surface area contributed by atoms with E-state index in [1.165, 1.54) is 19.8 Å². The van der Waals surface area contributed by atoms with Gasteiger partial charge in [-0.15, -0.1) is 0 Å². The van der Waals surface area contributed by atoms with Crippen molar-refractivity contribution in [1.82, 2.24) is 10.6 Å². The molecule has 3 unspecified atom stereocenters. The molecule has 1 amide bonds. The second-order valence-electron chi connectivity index (χ2n) is 4.81. The van der Waals surface area contributed by atoms with Gasteiger partial charge < -0.3 is 20.8 Å². The van der Waals surface area contributed by atoms with Crippen molar-refractivity contribution >= 4 is 11.9 Å². The molecule has 6 nitrogen and oxygen atoms in total. The Bertz CT molecular complexity index is 288. The van der Waals surface area contributed by atoms with Crippen molar-refractivity contribution in [2.24, 2.45) is 0 Å². The van der Waals surface area contributed by atoms with Gasteiger partial charge in [0.1, 0.15) is 0 Å². The van der Waals surface area contributed by atoms with Crippen LogP contribution in [0.2, 0.25) is 0 Å². The van der Waals surface area contributed by atoms with Crippen molar-refractivity contribution in [2.75, 3.05) is 6.54 Å². The molecule has 18 heavy (non-hydrogen) atoms. The van der Waals surface area contributed by atoms with Crippen LogP contribution in [0.4, 0.5) is 0 Å². The first-order valence-corrected chi connectivity index (χ1v) is 6.44. The highest BCUT2D eigenvalue weighted by molar-refractivity contribution is 5.83. The van der Waals surface area contributed by atoms with E-state index in [4.69, 9.17) is 5.11 Å². The van der Waals surface area contributed by atoms with Gasteiger partial charge >= 0.3 is 5.97 Å². The van der Waals surface area contributed by atoms with E-state index in [1.807, 2.05) is 0 Å². The first-order chi connectivity index (χ1) is 8.50. The van der Waals surface area contributed by atoms with Gasteiger partial charge in [-0.1, -0.05) is 6.42 Å². The lowest BCUT2D eigenvalue weighted by Gasteiger charge is -2.23. The van der Waals surface area contributed by atoms with Crippen molar-refractivity contribution in [2.45, 2.75) is 57.2 Å². The summed E-state index contributed by atoms with van der Waals surface area (Å²) in [7, 11) is 0. The van der Waals surface area contributed by atoms with Gasteiger partial charge in [0.2, 0.25) is 5.91 Å². The number of aliphatic hydroxyl groups excluding tert-OH is 1. The van der Waals surface area contributed by atoms with Crippen LogP contribution < -0.4 is 10.6 Å². The van der Waals surface area contributed by atoms with Crippen LogP contribution >= 0.6 is 0 Å². The third-order valence-electron chi connectivity index (χ3n) is 3.20. The summed E-state index contributed by atoms with van der Waals surface area (Å²) in [5.41, 5.74) is 0. The molecular weight excluding hydrogens is 236 g/mol. The van der Waals surface area contributed by atoms with Gasteiger partial charge in [-0.25, -0.2) is 4.79 Å². The Kier molecular flexibility index (Phi) is 6.07. The molecule has 6 heteroatoms. The lowest BCUT2D eigenvalue weighted by atomic mass is 10.0. The van der Waals surface area contributed by atoms with Crippen molar-refractivity contribution in [1.29, 1.82) is 0 Å². The Labute approximate surface area is 107 Å². The largest absolute Gasteiger partial charge is 0.480 e. The van der Waals surface area contributed by atoms with Gasteiger partial charge in [-0.05, 0) is 32.7 Å². The predicted molar refractivity (Wildman–Crippen MR) is 66.1 cm³/mol. The summed E-state index contributed by atoms with van der Waals surface area (Å²) in [6, 6.07) is -0.879. The normalized spacial score (nSPS) is 23.1. The Morgan fingerprint density at radius 3 is 2.67 bits per heavy atom.